The highest BCUT2D eigenvalue weighted by atomic mass is 16.5. The van der Waals surface area contributed by atoms with Crippen LogP contribution in [0.5, 0.6) is 0 Å². The lowest BCUT2D eigenvalue weighted by atomic mass is 9.99. The number of pyridine rings is 1. The Kier molecular flexibility index (Phi) is 5.18. The van der Waals surface area contributed by atoms with Gasteiger partial charge in [0.15, 0.2) is 5.58 Å². The lowest BCUT2D eigenvalue weighted by molar-refractivity contribution is 0.0950. The Morgan fingerprint density at radius 2 is 2.20 bits per heavy atom. The van der Waals surface area contributed by atoms with Gasteiger partial charge in [-0.15, -0.1) is 0 Å². The minimum Gasteiger partial charge on any atom is -0.456 e. The van der Waals surface area contributed by atoms with Crippen LogP contribution in [-0.4, -0.2) is 11.6 Å². The van der Waals surface area contributed by atoms with Gasteiger partial charge in [0.05, 0.1) is 0 Å². The zero-order valence-electron chi connectivity index (χ0n) is 13.0. The van der Waals surface area contributed by atoms with Crippen molar-refractivity contribution in [3.8, 4) is 0 Å². The van der Waals surface area contributed by atoms with Crippen LogP contribution < -0.4 is 0 Å². The summed E-state index contributed by atoms with van der Waals surface area (Å²) in [5.74, 6) is 1.43. The monoisotopic (exact) mass is 275 g/mol. The predicted octanol–water partition coefficient (Wildman–Crippen LogP) is 5.22. The summed E-state index contributed by atoms with van der Waals surface area (Å²) in [7, 11) is 0. The van der Waals surface area contributed by atoms with Crippen molar-refractivity contribution in [3.05, 3.63) is 29.7 Å². The van der Waals surface area contributed by atoms with E-state index in [-0.39, 0.29) is 6.10 Å². The Morgan fingerprint density at radius 1 is 1.40 bits per heavy atom. The number of fused-ring (bicyclic) bond motifs is 1. The van der Waals surface area contributed by atoms with Crippen LogP contribution in [0.4, 0.5) is 0 Å². The van der Waals surface area contributed by atoms with Gasteiger partial charge in [0.2, 0.25) is 0 Å². The van der Waals surface area contributed by atoms with Gasteiger partial charge in [-0.3, -0.25) is 4.98 Å². The molecule has 1 fully saturated rings. The van der Waals surface area contributed by atoms with Gasteiger partial charge in [0.25, 0.3) is 0 Å². The smallest absolute Gasteiger partial charge is 0.156 e. The topological polar surface area (TPSA) is 35.3 Å². The maximum Gasteiger partial charge on any atom is 0.156 e. The Balaban J connectivity index is 0.000000704. The molecule has 2 atom stereocenters. The number of hydrogen-bond donors (Lipinski definition) is 0. The molecule has 0 amide bonds. The Labute approximate surface area is 121 Å². The van der Waals surface area contributed by atoms with Crippen molar-refractivity contribution in [1.82, 2.24) is 4.98 Å². The first-order chi connectivity index (χ1) is 9.79. The fourth-order valence-corrected chi connectivity index (χ4v) is 2.54. The fourth-order valence-electron chi connectivity index (χ4n) is 2.54. The largest absolute Gasteiger partial charge is 0.456 e. The minimum absolute atomic E-state index is 0.129. The zero-order valence-corrected chi connectivity index (χ0v) is 13.0. The van der Waals surface area contributed by atoms with Crippen LogP contribution in [-0.2, 0) is 4.74 Å². The highest BCUT2D eigenvalue weighted by Crippen LogP contribution is 2.35. The van der Waals surface area contributed by atoms with E-state index in [0.717, 1.165) is 42.7 Å². The maximum atomic E-state index is 6.02. The molecule has 0 N–H and O–H groups in total. The first kappa shape index (κ1) is 15.0. The summed E-state index contributed by atoms with van der Waals surface area (Å²) < 4.78 is 11.7. The molecule has 110 valence electrons. The van der Waals surface area contributed by atoms with E-state index in [1.165, 1.54) is 5.56 Å². The molecule has 3 heterocycles. The molecule has 1 saturated heterocycles. The number of rotatable bonds is 3. The molecule has 20 heavy (non-hydrogen) atoms. The number of ether oxygens (including phenoxy) is 1. The quantitative estimate of drug-likeness (QED) is 0.770. The fraction of sp³-hybridized carbons (Fsp3) is 0.588. The van der Waals surface area contributed by atoms with Gasteiger partial charge in [-0.1, -0.05) is 27.7 Å². The molecule has 2 unspecified atom stereocenters. The molecule has 3 heteroatoms. The van der Waals surface area contributed by atoms with E-state index in [2.05, 4.69) is 24.9 Å². The molecule has 0 radical (unpaired) electrons. The van der Waals surface area contributed by atoms with Crippen molar-refractivity contribution in [2.24, 2.45) is 0 Å². The van der Waals surface area contributed by atoms with Crippen molar-refractivity contribution in [2.45, 2.75) is 59.0 Å². The molecule has 3 rings (SSSR count). The van der Waals surface area contributed by atoms with Crippen molar-refractivity contribution >= 4 is 11.1 Å². The molecule has 0 bridgehead atoms. The molecule has 2 aromatic heterocycles. The second-order valence-electron chi connectivity index (χ2n) is 5.07. The molecule has 3 nitrogen and oxygen atoms in total. The molecule has 1 aliphatic heterocycles. The summed E-state index contributed by atoms with van der Waals surface area (Å²) in [6.07, 6.45) is 5.28. The summed E-state index contributed by atoms with van der Waals surface area (Å²) >= 11 is 0. The number of nitrogens with zero attached hydrogens (tertiary/aromatic N) is 1. The first-order valence-electron chi connectivity index (χ1n) is 7.79. The van der Waals surface area contributed by atoms with E-state index in [9.17, 15) is 0 Å². The van der Waals surface area contributed by atoms with Crippen LogP contribution in [0.25, 0.3) is 11.1 Å². The predicted molar refractivity (Wildman–Crippen MR) is 82.0 cm³/mol. The summed E-state index contributed by atoms with van der Waals surface area (Å²) in [5, 5.41) is 0. The third-order valence-electron chi connectivity index (χ3n) is 3.85. The van der Waals surface area contributed by atoms with Gasteiger partial charge in [-0.05, 0) is 31.2 Å². The van der Waals surface area contributed by atoms with E-state index in [4.69, 9.17) is 9.15 Å². The number of aromatic nitrogens is 1. The van der Waals surface area contributed by atoms with Crippen molar-refractivity contribution in [3.63, 3.8) is 0 Å². The summed E-state index contributed by atoms with van der Waals surface area (Å²) in [6, 6.07) is 4.11. The molecule has 0 saturated carbocycles. The van der Waals surface area contributed by atoms with Crippen molar-refractivity contribution in [1.29, 1.82) is 0 Å². The standard InChI is InChI=1S/C15H19NO2.C2H6/c1-3-10(2)11-6-7-16-12-9-14(18-15(11)12)13-5-4-8-17-13;1-2/h6-7,9-10,13H,3-5,8H2,1-2H3;1-2H3. The molecule has 0 aromatic carbocycles. The lowest BCUT2D eigenvalue weighted by Crippen LogP contribution is -1.93. The number of furan rings is 1. The van der Waals surface area contributed by atoms with E-state index < -0.39 is 0 Å². The summed E-state index contributed by atoms with van der Waals surface area (Å²) in [5.41, 5.74) is 3.15. The highest BCUT2D eigenvalue weighted by molar-refractivity contribution is 5.77. The van der Waals surface area contributed by atoms with Crippen LogP contribution >= 0.6 is 0 Å². The second kappa shape index (κ2) is 6.89. The second-order valence-corrected chi connectivity index (χ2v) is 5.07. The van der Waals surface area contributed by atoms with E-state index in [0.29, 0.717) is 5.92 Å². The van der Waals surface area contributed by atoms with Gasteiger partial charge in [0.1, 0.15) is 17.4 Å². The SMILES string of the molecule is CC.CCC(C)c1ccnc2cc(C3CCCO3)oc12. The minimum atomic E-state index is 0.129. The van der Waals surface area contributed by atoms with Gasteiger partial charge < -0.3 is 9.15 Å². The molecular formula is C17H25NO2. The van der Waals surface area contributed by atoms with Gasteiger partial charge in [-0.25, -0.2) is 0 Å². The normalized spacial score (nSPS) is 19.7. The Morgan fingerprint density at radius 3 is 2.85 bits per heavy atom. The molecule has 0 spiro atoms. The average Bonchev–Trinajstić information content (AvgIpc) is 3.16. The van der Waals surface area contributed by atoms with E-state index in [1.54, 1.807) is 0 Å². The maximum absolute atomic E-state index is 6.02. The number of hydrogen-bond acceptors (Lipinski definition) is 3. The highest BCUT2D eigenvalue weighted by Gasteiger charge is 2.23. The Bertz CT molecular complexity index is 541. The van der Waals surface area contributed by atoms with E-state index >= 15 is 0 Å². The molecule has 0 aliphatic carbocycles. The lowest BCUT2D eigenvalue weighted by Gasteiger charge is -2.08. The first-order valence-corrected chi connectivity index (χ1v) is 7.79. The van der Waals surface area contributed by atoms with Gasteiger partial charge >= 0.3 is 0 Å². The Hall–Kier alpha value is -1.35. The average molecular weight is 275 g/mol. The van der Waals surface area contributed by atoms with Crippen molar-refractivity contribution < 1.29 is 9.15 Å². The summed E-state index contributed by atoms with van der Waals surface area (Å²) in [4.78, 5) is 4.40. The van der Waals surface area contributed by atoms with E-state index in [1.807, 2.05) is 26.1 Å². The summed E-state index contributed by atoms with van der Waals surface area (Å²) in [6.45, 7) is 9.26. The molecule has 2 aromatic rings. The van der Waals surface area contributed by atoms with Crippen LogP contribution in [0.15, 0.2) is 22.7 Å². The third kappa shape index (κ3) is 2.88. The van der Waals surface area contributed by atoms with Gasteiger partial charge in [0, 0.05) is 24.4 Å². The van der Waals surface area contributed by atoms with Gasteiger partial charge in [-0.2, -0.15) is 0 Å². The molecular weight excluding hydrogens is 250 g/mol. The molecule has 1 aliphatic rings. The van der Waals surface area contributed by atoms with Crippen LogP contribution in [0, 0.1) is 0 Å². The van der Waals surface area contributed by atoms with Crippen LogP contribution in [0.1, 0.15) is 70.3 Å². The van der Waals surface area contributed by atoms with Crippen LogP contribution in [0.2, 0.25) is 0 Å². The van der Waals surface area contributed by atoms with Crippen LogP contribution in [0.3, 0.4) is 0 Å². The third-order valence-corrected chi connectivity index (χ3v) is 3.85. The zero-order chi connectivity index (χ0) is 14.5. The van der Waals surface area contributed by atoms with Crippen molar-refractivity contribution in [2.75, 3.05) is 6.61 Å².